The molecule has 1 aromatic carbocycles. The predicted octanol–water partition coefficient (Wildman–Crippen LogP) is 6.34. The van der Waals surface area contributed by atoms with Crippen molar-refractivity contribution < 1.29 is 81.1 Å². The average molecular weight is 1380 g/mol. The zero-order chi connectivity index (χ0) is 73.4. The molecule has 1 aromatic rings. The van der Waals surface area contributed by atoms with Crippen LogP contribution in [0.15, 0.2) is 18.2 Å². The Bertz CT molecular complexity index is 2760. The highest BCUT2D eigenvalue weighted by Gasteiger charge is 2.35. The normalized spacial score (nSPS) is 18.6. The van der Waals surface area contributed by atoms with E-state index in [1.165, 1.54) is 0 Å². The van der Waals surface area contributed by atoms with Crippen molar-refractivity contribution in [3.05, 3.63) is 29.3 Å². The van der Waals surface area contributed by atoms with Crippen LogP contribution in [0, 0.1) is 11.8 Å². The topological polar surface area (TPSA) is 308 Å². The first kappa shape index (κ1) is 83.8. The van der Waals surface area contributed by atoms with Crippen molar-refractivity contribution in [3.8, 4) is 5.75 Å². The number of urea groups is 1. The Morgan fingerprint density at radius 2 is 0.918 bits per heavy atom. The zero-order valence-corrected chi connectivity index (χ0v) is 62.4. The number of esters is 6. The maximum absolute atomic E-state index is 14.2. The number of aryl methyl sites for hydroxylation is 1. The van der Waals surface area contributed by atoms with E-state index in [0.717, 1.165) is 29.7 Å². The second-order valence-corrected chi connectivity index (χ2v) is 32.2. The Morgan fingerprint density at radius 1 is 0.490 bits per heavy atom. The molecule has 1 saturated heterocycles. The third-order valence-corrected chi connectivity index (χ3v) is 15.7. The van der Waals surface area contributed by atoms with Crippen LogP contribution in [-0.4, -0.2) is 229 Å². The van der Waals surface area contributed by atoms with Crippen molar-refractivity contribution in [3.63, 3.8) is 0 Å². The van der Waals surface area contributed by atoms with Crippen molar-refractivity contribution in [2.75, 3.05) is 98.2 Å². The summed E-state index contributed by atoms with van der Waals surface area (Å²) in [6, 6.07) is 1.60. The molecular weight excluding hydrogens is 1260 g/mol. The molecule has 3 aliphatic rings. The van der Waals surface area contributed by atoms with Crippen LogP contribution in [0.4, 0.5) is 4.79 Å². The van der Waals surface area contributed by atoms with E-state index in [0.29, 0.717) is 104 Å². The van der Waals surface area contributed by atoms with Crippen LogP contribution in [0.25, 0.3) is 0 Å². The van der Waals surface area contributed by atoms with Crippen molar-refractivity contribution >= 4 is 59.6 Å². The van der Waals surface area contributed by atoms with Gasteiger partial charge in [-0.2, -0.15) is 0 Å². The monoisotopic (exact) mass is 1380 g/mol. The van der Waals surface area contributed by atoms with E-state index < -0.39 is 93.5 Å². The molecule has 2 aliphatic heterocycles. The molecule has 26 heteroatoms. The molecule has 0 radical (unpaired) electrons. The number of ether oxygens (including phenoxy) is 7. The van der Waals surface area contributed by atoms with Gasteiger partial charge in [0.25, 0.3) is 0 Å². The van der Waals surface area contributed by atoms with Crippen molar-refractivity contribution in [1.29, 1.82) is 0 Å². The van der Waals surface area contributed by atoms with Crippen LogP contribution in [0.2, 0.25) is 0 Å². The van der Waals surface area contributed by atoms with E-state index in [1.54, 1.807) is 62.3 Å². The first-order chi connectivity index (χ1) is 45.3. The first-order valence-corrected chi connectivity index (χ1v) is 35.2. The maximum Gasteiger partial charge on any atom is 0.329 e. The van der Waals surface area contributed by atoms with Gasteiger partial charge in [-0.05, 0) is 212 Å². The molecule has 0 unspecified atom stereocenters. The number of fused-ring (bicyclic) bond motifs is 1. The number of rotatable bonds is 27. The SMILES string of the molecule is CC(C)(C)OC(=O)CC[C@H](NC(=O)N[C@@H](CCCCNC(=O)[C@@H](Cc1ccc2c(c1)CCCO2)NC(=O)C1CCC(CNC(=O)CN2CCN(CC(=O)OC(C)(C)C)CCN(CC(=O)OC(C)(C)C)CCN(CC(=O)OC(C)(C)C)CC2)CC1)C(=O)OC(C)(C)C)C(=O)OC(C)(C)C. The van der Waals surface area contributed by atoms with Crippen LogP contribution in [-0.2, 0) is 84.4 Å². The fourth-order valence-electron chi connectivity index (χ4n) is 11.4. The lowest BCUT2D eigenvalue weighted by molar-refractivity contribution is -0.159. The number of unbranched alkanes of at least 4 members (excludes halogenated alkanes) is 1. The highest BCUT2D eigenvalue weighted by atomic mass is 16.6. The molecule has 98 heavy (non-hydrogen) atoms. The Labute approximate surface area is 583 Å². The van der Waals surface area contributed by atoms with E-state index in [9.17, 15) is 47.9 Å². The minimum absolute atomic E-state index is 0.00157. The number of carbonyl (C=O) groups is 10. The van der Waals surface area contributed by atoms with E-state index in [1.807, 2.05) is 100 Å². The standard InChI is InChI=1S/C72H121N9O17/c1-67(2,3)93-58(83)31-29-54(65(90)98-72(16,17)18)77-66(91)76-53(64(89)97-71(13,14)15)23-19-20-32-73-63(88)55(43-50-26-30-56-52(42-50)22-21-41-92-56)75-62(87)51-27-24-49(25-28-51)44-74-57(82)45-78-33-35-79(46-59(84)94-68(4,5)6)37-39-81(48-61(86)96-70(10,11)12)40-38-80(36-34-78)47-60(85)95-69(7,8)9/h26,30,42,49,51,53-55H,19-25,27-29,31-41,43-48H2,1-18H3,(H,73,88)(H,74,82)(H,75,87)(H2,76,77,91)/t49?,51?,53-,54-,55+/m0/s1. The van der Waals surface area contributed by atoms with Gasteiger partial charge in [0.2, 0.25) is 17.7 Å². The van der Waals surface area contributed by atoms with Gasteiger partial charge in [0.1, 0.15) is 57.5 Å². The van der Waals surface area contributed by atoms with Crippen LogP contribution in [0.5, 0.6) is 5.75 Å². The fourth-order valence-corrected chi connectivity index (χ4v) is 11.4. The Morgan fingerprint density at radius 3 is 1.37 bits per heavy atom. The summed E-state index contributed by atoms with van der Waals surface area (Å²) < 4.78 is 39.6. The Kier molecular flexibility index (Phi) is 32.7. The van der Waals surface area contributed by atoms with Crippen molar-refractivity contribution in [1.82, 2.24) is 46.2 Å². The molecule has 0 bridgehead atoms. The second kappa shape index (κ2) is 38.2. The minimum atomic E-state index is -1.26. The molecule has 2 fully saturated rings. The lowest BCUT2D eigenvalue weighted by Crippen LogP contribution is -2.53. The summed E-state index contributed by atoms with van der Waals surface area (Å²) in [4.78, 5) is 143. The van der Waals surface area contributed by atoms with Gasteiger partial charge in [-0.3, -0.25) is 53.2 Å². The molecule has 1 saturated carbocycles. The first-order valence-electron chi connectivity index (χ1n) is 35.2. The highest BCUT2D eigenvalue weighted by Crippen LogP contribution is 2.30. The molecule has 4 rings (SSSR count). The Balaban J connectivity index is 1.41. The zero-order valence-electron chi connectivity index (χ0n) is 62.4. The summed E-state index contributed by atoms with van der Waals surface area (Å²) in [5.74, 6) is -3.55. The van der Waals surface area contributed by atoms with Gasteiger partial charge in [0, 0.05) is 84.2 Å². The van der Waals surface area contributed by atoms with Gasteiger partial charge < -0.3 is 59.7 Å². The number of hydrogen-bond donors (Lipinski definition) is 5. The van der Waals surface area contributed by atoms with Gasteiger partial charge in [-0.15, -0.1) is 0 Å². The average Bonchev–Trinajstić information content (AvgIpc) is 0.842. The number of amides is 5. The van der Waals surface area contributed by atoms with Gasteiger partial charge in [-0.25, -0.2) is 14.4 Å². The largest absolute Gasteiger partial charge is 0.493 e. The highest BCUT2D eigenvalue weighted by molar-refractivity contribution is 5.89. The summed E-state index contributed by atoms with van der Waals surface area (Å²) in [6.07, 6.45) is 4.78. The molecular formula is C72H121N9O17. The number of nitrogens with one attached hydrogen (secondary N) is 5. The number of carbonyl (C=O) groups excluding carboxylic acids is 10. The van der Waals surface area contributed by atoms with Crippen LogP contribution >= 0.6 is 0 Å². The molecule has 0 spiro atoms. The van der Waals surface area contributed by atoms with Gasteiger partial charge in [-0.1, -0.05) is 12.1 Å². The number of nitrogens with zero attached hydrogens (tertiary/aromatic N) is 4. The number of benzene rings is 1. The lowest BCUT2D eigenvalue weighted by atomic mass is 9.81. The molecule has 3 atom stereocenters. The summed E-state index contributed by atoms with van der Waals surface area (Å²) in [6.45, 7) is 36.1. The number of hydrogen-bond acceptors (Lipinski definition) is 21. The third kappa shape index (κ3) is 35.9. The van der Waals surface area contributed by atoms with E-state index >= 15 is 0 Å². The molecule has 26 nitrogen and oxygen atoms in total. The quantitative estimate of drug-likeness (QED) is 0.0365. The van der Waals surface area contributed by atoms with Crippen LogP contribution in [0.3, 0.4) is 0 Å². The van der Waals surface area contributed by atoms with E-state index in [4.69, 9.17) is 33.2 Å². The summed E-state index contributed by atoms with van der Waals surface area (Å²) in [5.41, 5.74) is -2.79. The molecule has 556 valence electrons. The third-order valence-electron chi connectivity index (χ3n) is 15.7. The molecule has 5 N–H and O–H groups in total. The van der Waals surface area contributed by atoms with E-state index in [2.05, 4.69) is 26.6 Å². The van der Waals surface area contributed by atoms with Gasteiger partial charge in [0.15, 0.2) is 0 Å². The molecule has 2 heterocycles. The summed E-state index contributed by atoms with van der Waals surface area (Å²) >= 11 is 0. The Hall–Kier alpha value is -6.64. The van der Waals surface area contributed by atoms with Crippen molar-refractivity contribution in [2.45, 2.75) is 253 Å². The fraction of sp³-hybridized carbons (Fsp3) is 0.778. The van der Waals surface area contributed by atoms with Crippen LogP contribution < -0.4 is 31.3 Å². The molecule has 0 aromatic heterocycles. The van der Waals surface area contributed by atoms with Crippen LogP contribution in [0.1, 0.15) is 200 Å². The van der Waals surface area contributed by atoms with Gasteiger partial charge in [0.05, 0.1) is 32.8 Å². The smallest absolute Gasteiger partial charge is 0.329 e. The maximum atomic E-state index is 14.2. The molecule has 1 aliphatic carbocycles. The summed E-state index contributed by atoms with van der Waals surface area (Å²) in [7, 11) is 0. The lowest BCUT2D eigenvalue weighted by Gasteiger charge is -2.34. The van der Waals surface area contributed by atoms with E-state index in [-0.39, 0.29) is 88.0 Å². The summed E-state index contributed by atoms with van der Waals surface area (Å²) in [5, 5.41) is 14.5. The van der Waals surface area contributed by atoms with Crippen molar-refractivity contribution in [2.24, 2.45) is 11.8 Å². The van der Waals surface area contributed by atoms with Gasteiger partial charge >= 0.3 is 41.8 Å². The predicted molar refractivity (Wildman–Crippen MR) is 371 cm³/mol. The second-order valence-electron chi connectivity index (χ2n) is 32.2. The minimum Gasteiger partial charge on any atom is -0.493 e. The molecule has 5 amide bonds.